The molecule has 5 rings (SSSR count). The van der Waals surface area contributed by atoms with E-state index >= 15 is 0 Å². The van der Waals surface area contributed by atoms with E-state index < -0.39 is 0 Å². The molecule has 32 heavy (non-hydrogen) atoms. The second-order valence-corrected chi connectivity index (χ2v) is 7.71. The Balaban J connectivity index is 1.72. The molecule has 7 nitrogen and oxygen atoms in total. The zero-order valence-corrected chi connectivity index (χ0v) is 18.1. The van der Waals surface area contributed by atoms with Crippen LogP contribution in [0.15, 0.2) is 67.0 Å². The Morgan fingerprint density at radius 2 is 1.91 bits per heavy atom. The SMILES string of the molecule is COc1ccc(C(Nc2cc(C)c(C#N)c3nc4ccccc4n23)c2nccn2C)cc1. The van der Waals surface area contributed by atoms with Crippen LogP contribution < -0.4 is 10.1 Å². The van der Waals surface area contributed by atoms with E-state index in [1.54, 1.807) is 13.3 Å². The van der Waals surface area contributed by atoms with Gasteiger partial charge in [0.2, 0.25) is 0 Å². The van der Waals surface area contributed by atoms with Gasteiger partial charge in [0.1, 0.15) is 29.5 Å². The van der Waals surface area contributed by atoms with Gasteiger partial charge in [-0.3, -0.25) is 4.40 Å². The van der Waals surface area contributed by atoms with Gasteiger partial charge in [-0.2, -0.15) is 5.26 Å². The third kappa shape index (κ3) is 3.13. The van der Waals surface area contributed by atoms with Crippen molar-refractivity contribution in [3.8, 4) is 11.8 Å². The lowest BCUT2D eigenvalue weighted by Gasteiger charge is -2.22. The Morgan fingerprint density at radius 3 is 2.59 bits per heavy atom. The van der Waals surface area contributed by atoms with Gasteiger partial charge >= 0.3 is 0 Å². The Morgan fingerprint density at radius 1 is 1.12 bits per heavy atom. The molecule has 158 valence electrons. The van der Waals surface area contributed by atoms with Crippen LogP contribution in [-0.4, -0.2) is 26.0 Å². The second kappa shape index (κ2) is 7.75. The van der Waals surface area contributed by atoms with E-state index in [-0.39, 0.29) is 6.04 Å². The highest BCUT2D eigenvalue weighted by molar-refractivity contribution is 5.85. The third-order valence-corrected chi connectivity index (χ3v) is 5.74. The van der Waals surface area contributed by atoms with Crippen LogP contribution in [0.5, 0.6) is 5.75 Å². The molecule has 0 saturated heterocycles. The van der Waals surface area contributed by atoms with Crippen molar-refractivity contribution in [2.24, 2.45) is 7.05 Å². The number of nitrogens with one attached hydrogen (secondary N) is 1. The molecule has 3 aromatic heterocycles. The molecule has 0 aliphatic carbocycles. The van der Waals surface area contributed by atoms with Crippen LogP contribution in [0.4, 0.5) is 5.82 Å². The molecule has 0 radical (unpaired) electrons. The van der Waals surface area contributed by atoms with Gasteiger partial charge in [0.05, 0.1) is 23.7 Å². The summed E-state index contributed by atoms with van der Waals surface area (Å²) in [7, 11) is 3.64. The van der Waals surface area contributed by atoms with E-state index in [1.165, 1.54) is 0 Å². The number of pyridine rings is 1. The van der Waals surface area contributed by atoms with Crippen molar-refractivity contribution in [1.82, 2.24) is 18.9 Å². The average molecular weight is 422 g/mol. The maximum atomic E-state index is 9.78. The summed E-state index contributed by atoms with van der Waals surface area (Å²) in [6.45, 7) is 1.94. The van der Waals surface area contributed by atoms with Crippen molar-refractivity contribution in [2.75, 3.05) is 12.4 Å². The summed E-state index contributed by atoms with van der Waals surface area (Å²) in [6, 6.07) is 20.0. The number of aryl methyl sites for hydroxylation is 2. The zero-order valence-electron chi connectivity index (χ0n) is 18.1. The second-order valence-electron chi connectivity index (χ2n) is 7.71. The fraction of sp³-hybridized carbons (Fsp3) is 0.160. The van der Waals surface area contributed by atoms with Crippen molar-refractivity contribution in [2.45, 2.75) is 13.0 Å². The number of ether oxygens (including phenoxy) is 1. The number of imidazole rings is 2. The standard InChI is InChI=1S/C25H22N6O/c1-16-14-22(31-21-7-5-4-6-20(21)28-24(31)19(16)15-26)29-23(25-27-12-13-30(25)2)17-8-10-18(32-3)11-9-17/h4-14,23,29H,1-3H3. The number of aromatic nitrogens is 4. The summed E-state index contributed by atoms with van der Waals surface area (Å²) >= 11 is 0. The molecular weight excluding hydrogens is 400 g/mol. The monoisotopic (exact) mass is 422 g/mol. The van der Waals surface area contributed by atoms with Gasteiger partial charge in [0.25, 0.3) is 0 Å². The first kappa shape index (κ1) is 19.6. The van der Waals surface area contributed by atoms with Crippen molar-refractivity contribution >= 4 is 22.5 Å². The van der Waals surface area contributed by atoms with Crippen LogP contribution in [0.3, 0.4) is 0 Å². The molecule has 1 unspecified atom stereocenters. The van der Waals surface area contributed by atoms with Gasteiger partial charge in [0.15, 0.2) is 5.65 Å². The quantitative estimate of drug-likeness (QED) is 0.447. The third-order valence-electron chi connectivity index (χ3n) is 5.74. The number of nitriles is 1. The summed E-state index contributed by atoms with van der Waals surface area (Å²) in [5.41, 5.74) is 4.91. The van der Waals surface area contributed by atoms with E-state index in [9.17, 15) is 5.26 Å². The molecule has 0 aliphatic rings. The maximum absolute atomic E-state index is 9.78. The van der Waals surface area contributed by atoms with Crippen molar-refractivity contribution in [1.29, 1.82) is 5.26 Å². The van der Waals surface area contributed by atoms with Crippen LogP contribution >= 0.6 is 0 Å². The molecule has 0 aliphatic heterocycles. The minimum Gasteiger partial charge on any atom is -0.497 e. The minimum atomic E-state index is -0.224. The molecular formula is C25H22N6O. The molecule has 1 N–H and O–H groups in total. The summed E-state index contributed by atoms with van der Waals surface area (Å²) in [6.07, 6.45) is 3.72. The van der Waals surface area contributed by atoms with E-state index in [0.717, 1.165) is 39.6 Å². The highest BCUT2D eigenvalue weighted by Crippen LogP contribution is 2.31. The van der Waals surface area contributed by atoms with E-state index in [4.69, 9.17) is 9.72 Å². The number of anilines is 1. The van der Waals surface area contributed by atoms with Gasteiger partial charge in [-0.15, -0.1) is 0 Å². The van der Waals surface area contributed by atoms with Crippen LogP contribution in [0.2, 0.25) is 0 Å². The van der Waals surface area contributed by atoms with Crippen molar-refractivity contribution < 1.29 is 4.74 Å². The van der Waals surface area contributed by atoms with Crippen molar-refractivity contribution in [3.63, 3.8) is 0 Å². The average Bonchev–Trinajstić information content (AvgIpc) is 3.41. The number of hydrogen-bond acceptors (Lipinski definition) is 5. The molecule has 3 heterocycles. The highest BCUT2D eigenvalue weighted by Gasteiger charge is 2.22. The molecule has 0 bridgehead atoms. The van der Waals surface area contributed by atoms with Gasteiger partial charge < -0.3 is 14.6 Å². The fourth-order valence-corrected chi connectivity index (χ4v) is 4.10. The smallest absolute Gasteiger partial charge is 0.157 e. The Hall–Kier alpha value is -4.31. The molecule has 1 atom stereocenters. The number of nitrogens with zero attached hydrogens (tertiary/aromatic N) is 5. The molecule has 5 aromatic rings. The van der Waals surface area contributed by atoms with Gasteiger partial charge in [-0.05, 0) is 48.4 Å². The number of benzene rings is 2. The summed E-state index contributed by atoms with van der Waals surface area (Å²) in [5, 5.41) is 13.5. The number of fused-ring (bicyclic) bond motifs is 3. The maximum Gasteiger partial charge on any atom is 0.157 e. The van der Waals surface area contributed by atoms with Crippen LogP contribution in [0, 0.1) is 18.3 Å². The number of hydrogen-bond donors (Lipinski definition) is 1. The van der Waals surface area contributed by atoms with E-state index in [1.807, 2.05) is 83.7 Å². The number of methoxy groups -OCH3 is 1. The lowest BCUT2D eigenvalue weighted by Crippen LogP contribution is -2.18. The summed E-state index contributed by atoms with van der Waals surface area (Å²) < 4.78 is 9.35. The predicted octanol–water partition coefficient (Wildman–Crippen LogP) is 4.61. The first-order chi connectivity index (χ1) is 15.6. The fourth-order valence-electron chi connectivity index (χ4n) is 4.10. The first-order valence-corrected chi connectivity index (χ1v) is 10.3. The number of rotatable bonds is 5. The number of para-hydroxylation sites is 2. The molecule has 2 aromatic carbocycles. The van der Waals surface area contributed by atoms with E-state index in [0.29, 0.717) is 11.2 Å². The van der Waals surface area contributed by atoms with Gasteiger partial charge in [-0.25, -0.2) is 9.97 Å². The Bertz CT molecular complexity index is 1470. The van der Waals surface area contributed by atoms with Crippen LogP contribution in [0.1, 0.15) is 28.6 Å². The highest BCUT2D eigenvalue weighted by atomic mass is 16.5. The predicted molar refractivity (Wildman–Crippen MR) is 124 cm³/mol. The largest absolute Gasteiger partial charge is 0.497 e. The zero-order chi connectivity index (χ0) is 22.2. The molecule has 0 fully saturated rings. The summed E-state index contributed by atoms with van der Waals surface area (Å²) in [4.78, 5) is 9.36. The Kier molecular flexibility index (Phi) is 4.75. The first-order valence-electron chi connectivity index (χ1n) is 10.3. The molecule has 7 heteroatoms. The van der Waals surface area contributed by atoms with E-state index in [2.05, 4.69) is 16.4 Å². The summed E-state index contributed by atoms with van der Waals surface area (Å²) in [5.74, 6) is 2.51. The Labute approximate surface area is 185 Å². The molecule has 0 saturated carbocycles. The van der Waals surface area contributed by atoms with Gasteiger partial charge in [-0.1, -0.05) is 24.3 Å². The van der Waals surface area contributed by atoms with Crippen molar-refractivity contribution in [3.05, 3.63) is 89.5 Å². The minimum absolute atomic E-state index is 0.224. The van der Waals surface area contributed by atoms with Gasteiger partial charge in [0, 0.05) is 19.4 Å². The molecule has 0 spiro atoms. The normalized spacial score (nSPS) is 12.1. The van der Waals surface area contributed by atoms with Crippen LogP contribution in [0.25, 0.3) is 16.7 Å². The molecule has 0 amide bonds. The lowest BCUT2D eigenvalue weighted by molar-refractivity contribution is 0.414. The lowest BCUT2D eigenvalue weighted by atomic mass is 10.1. The van der Waals surface area contributed by atoms with Crippen LogP contribution in [-0.2, 0) is 7.05 Å². The topological polar surface area (TPSA) is 80.2 Å².